The summed E-state index contributed by atoms with van der Waals surface area (Å²) >= 11 is 3.57. The van der Waals surface area contributed by atoms with Crippen LogP contribution in [0.1, 0.15) is 28.9 Å². The summed E-state index contributed by atoms with van der Waals surface area (Å²) in [5.74, 6) is -0.170. The van der Waals surface area contributed by atoms with Crippen LogP contribution < -0.4 is 20.3 Å². The first-order valence-electron chi connectivity index (χ1n) is 12.0. The molecule has 0 saturated carbocycles. The molecule has 0 radical (unpaired) electrons. The van der Waals surface area contributed by atoms with E-state index in [-0.39, 0.29) is 42.5 Å². The lowest BCUT2D eigenvalue weighted by molar-refractivity contribution is -0.119. The fraction of sp³-hybridized carbons (Fsp3) is 0.269. The van der Waals surface area contributed by atoms with Gasteiger partial charge in [0.1, 0.15) is 17.6 Å². The number of rotatable bonds is 5. The number of nitrogens with one attached hydrogen (secondary N) is 3. The predicted octanol–water partition coefficient (Wildman–Crippen LogP) is 3.22. The second kappa shape index (κ2) is 9.47. The van der Waals surface area contributed by atoms with Crippen molar-refractivity contribution in [1.29, 1.82) is 0 Å². The lowest BCUT2D eigenvalue weighted by atomic mass is 9.93. The highest BCUT2D eigenvalue weighted by molar-refractivity contribution is 9.09. The molecule has 10 nitrogen and oxygen atoms in total. The van der Waals surface area contributed by atoms with E-state index in [1.54, 1.807) is 23.2 Å². The van der Waals surface area contributed by atoms with Gasteiger partial charge in [0.15, 0.2) is 12.3 Å². The van der Waals surface area contributed by atoms with Crippen LogP contribution >= 0.6 is 15.9 Å². The molecule has 1 saturated heterocycles. The van der Waals surface area contributed by atoms with Crippen molar-refractivity contribution in [2.75, 3.05) is 23.4 Å². The molecule has 0 spiro atoms. The minimum absolute atomic E-state index is 0.0128. The van der Waals surface area contributed by atoms with Gasteiger partial charge in [-0.15, -0.1) is 0 Å². The molecule has 1 fully saturated rings. The third kappa shape index (κ3) is 4.39. The number of hydrogen-bond donors (Lipinski definition) is 3. The average Bonchev–Trinajstić information content (AvgIpc) is 3.50. The Morgan fingerprint density at radius 2 is 2.16 bits per heavy atom. The summed E-state index contributed by atoms with van der Waals surface area (Å²) in [5.41, 5.74) is 4.24. The van der Waals surface area contributed by atoms with Crippen molar-refractivity contribution in [2.24, 2.45) is 5.92 Å². The van der Waals surface area contributed by atoms with Crippen molar-refractivity contribution in [2.45, 2.75) is 24.2 Å². The van der Waals surface area contributed by atoms with Gasteiger partial charge in [0, 0.05) is 24.1 Å². The normalized spacial score (nSPS) is 20.9. The number of nitrogens with zero attached hydrogens (tertiary/aromatic N) is 3. The lowest BCUT2D eigenvalue weighted by Gasteiger charge is -2.18. The molecule has 6 rings (SSSR count). The van der Waals surface area contributed by atoms with Crippen LogP contribution in [0.2, 0.25) is 0 Å². The smallest absolute Gasteiger partial charge is 0.272 e. The van der Waals surface area contributed by atoms with Crippen molar-refractivity contribution in [3.05, 3.63) is 65.8 Å². The minimum Gasteiger partial charge on any atom is -0.482 e. The van der Waals surface area contributed by atoms with E-state index in [1.165, 1.54) is 6.33 Å². The number of halogens is 1. The fourth-order valence-corrected chi connectivity index (χ4v) is 5.25. The van der Waals surface area contributed by atoms with Gasteiger partial charge >= 0.3 is 0 Å². The number of alkyl halides is 1. The number of hydrogen-bond acceptors (Lipinski definition) is 6. The standard InChI is InChI=1S/C26H23BrN6O4/c27-16-4-2-15(3-5-16)17-7-8-33(26(17)36)19-11-28-23-22(19)30-13-31-24(23)25(35)29-10-14-1-6-20-18(9-14)32-21(34)12-37-20/h1-4,6,9,11,13,16-17,28H,5,7-8,10,12H2,(H,29,35)(H,32,34). The zero-order valence-electron chi connectivity index (χ0n) is 19.7. The van der Waals surface area contributed by atoms with Crippen LogP contribution in [0.3, 0.4) is 0 Å². The Balaban J connectivity index is 1.19. The predicted molar refractivity (Wildman–Crippen MR) is 141 cm³/mol. The number of ether oxygens (including phenoxy) is 1. The van der Waals surface area contributed by atoms with E-state index in [9.17, 15) is 14.4 Å². The highest BCUT2D eigenvalue weighted by atomic mass is 79.9. The van der Waals surface area contributed by atoms with Crippen LogP contribution in [0.5, 0.6) is 5.75 Å². The lowest BCUT2D eigenvalue weighted by Crippen LogP contribution is -2.28. The molecule has 3 aliphatic rings. The number of anilines is 2. The second-order valence-corrected chi connectivity index (χ2v) is 10.3. The molecule has 188 valence electrons. The molecule has 3 N–H and O–H groups in total. The molecule has 2 aliphatic heterocycles. The average molecular weight is 563 g/mol. The molecule has 0 bridgehead atoms. The molecular weight excluding hydrogens is 540 g/mol. The van der Waals surface area contributed by atoms with E-state index in [2.05, 4.69) is 53.7 Å². The van der Waals surface area contributed by atoms with Gasteiger partial charge in [-0.3, -0.25) is 14.4 Å². The van der Waals surface area contributed by atoms with Crippen molar-refractivity contribution in [1.82, 2.24) is 20.3 Å². The van der Waals surface area contributed by atoms with Crippen LogP contribution in [-0.2, 0) is 16.1 Å². The molecule has 37 heavy (non-hydrogen) atoms. The number of carbonyl (C=O) groups is 3. The Labute approximate surface area is 220 Å². The van der Waals surface area contributed by atoms with Gasteiger partial charge < -0.3 is 25.3 Å². The Morgan fingerprint density at radius 3 is 3.00 bits per heavy atom. The number of aromatic amines is 1. The van der Waals surface area contributed by atoms with Gasteiger partial charge in [-0.1, -0.05) is 40.2 Å². The maximum absolute atomic E-state index is 13.3. The molecule has 2 aromatic heterocycles. The highest BCUT2D eigenvalue weighted by Crippen LogP contribution is 2.35. The summed E-state index contributed by atoms with van der Waals surface area (Å²) in [4.78, 5) is 51.6. The molecule has 3 aromatic rings. The molecule has 2 unspecified atom stereocenters. The van der Waals surface area contributed by atoms with E-state index in [1.807, 2.05) is 12.1 Å². The van der Waals surface area contributed by atoms with Crippen LogP contribution in [-0.4, -0.2) is 50.7 Å². The van der Waals surface area contributed by atoms with E-state index in [4.69, 9.17) is 4.74 Å². The quantitative estimate of drug-likeness (QED) is 0.409. The molecule has 3 amide bonds. The third-order valence-electron chi connectivity index (χ3n) is 6.76. The fourth-order valence-electron chi connectivity index (χ4n) is 4.91. The van der Waals surface area contributed by atoms with Gasteiger partial charge in [-0.05, 0) is 36.1 Å². The van der Waals surface area contributed by atoms with Gasteiger partial charge in [-0.25, -0.2) is 9.97 Å². The summed E-state index contributed by atoms with van der Waals surface area (Å²) < 4.78 is 5.37. The topological polar surface area (TPSA) is 129 Å². The second-order valence-electron chi connectivity index (χ2n) is 9.12. The maximum Gasteiger partial charge on any atom is 0.272 e. The highest BCUT2D eigenvalue weighted by Gasteiger charge is 2.36. The molecule has 11 heteroatoms. The minimum atomic E-state index is -0.383. The monoisotopic (exact) mass is 562 g/mol. The van der Waals surface area contributed by atoms with Gasteiger partial charge in [0.05, 0.1) is 22.8 Å². The zero-order chi connectivity index (χ0) is 25.5. The first kappa shape index (κ1) is 23.4. The number of H-pyrrole nitrogens is 1. The summed E-state index contributed by atoms with van der Waals surface area (Å²) in [7, 11) is 0. The summed E-state index contributed by atoms with van der Waals surface area (Å²) in [6.45, 7) is 0.787. The molecule has 4 heterocycles. The summed E-state index contributed by atoms with van der Waals surface area (Å²) in [6.07, 6.45) is 10.8. The van der Waals surface area contributed by atoms with E-state index >= 15 is 0 Å². The molecule has 2 atom stereocenters. The molecule has 1 aromatic carbocycles. The Hall–Kier alpha value is -3.99. The number of allylic oxidation sites excluding steroid dienone is 3. The van der Waals surface area contributed by atoms with Crippen molar-refractivity contribution < 1.29 is 19.1 Å². The van der Waals surface area contributed by atoms with Gasteiger partial charge in [-0.2, -0.15) is 0 Å². The first-order valence-corrected chi connectivity index (χ1v) is 12.9. The number of amides is 3. The SMILES string of the molecule is O=C1COc2ccc(CNC(=O)c3ncnc4c(N5CCC(C6=CCC(Br)C=C6)C5=O)c[nH]c34)cc2N1. The van der Waals surface area contributed by atoms with Gasteiger partial charge in [0.25, 0.3) is 11.8 Å². The first-order chi connectivity index (χ1) is 18.0. The summed E-state index contributed by atoms with van der Waals surface area (Å²) in [6, 6.07) is 5.34. The molecular formula is C26H23BrN6O4. The largest absolute Gasteiger partial charge is 0.482 e. The van der Waals surface area contributed by atoms with Crippen molar-refractivity contribution in [3.8, 4) is 5.75 Å². The van der Waals surface area contributed by atoms with Gasteiger partial charge in [0.2, 0.25) is 5.91 Å². The number of benzene rings is 1. The number of fused-ring (bicyclic) bond motifs is 2. The Bertz CT molecular complexity index is 1500. The van der Waals surface area contributed by atoms with E-state index in [0.717, 1.165) is 24.0 Å². The number of carbonyl (C=O) groups excluding carboxylic acids is 3. The van der Waals surface area contributed by atoms with Crippen molar-refractivity contribution >= 4 is 56.1 Å². The zero-order valence-corrected chi connectivity index (χ0v) is 21.2. The van der Waals surface area contributed by atoms with Crippen LogP contribution in [0.15, 0.2) is 54.5 Å². The third-order valence-corrected chi connectivity index (χ3v) is 7.44. The van der Waals surface area contributed by atoms with E-state index in [0.29, 0.717) is 39.5 Å². The van der Waals surface area contributed by atoms with E-state index < -0.39 is 0 Å². The Morgan fingerprint density at radius 1 is 1.27 bits per heavy atom. The van der Waals surface area contributed by atoms with Crippen LogP contribution in [0.4, 0.5) is 11.4 Å². The maximum atomic E-state index is 13.3. The van der Waals surface area contributed by atoms with Crippen LogP contribution in [0.25, 0.3) is 11.0 Å². The Kier molecular flexibility index (Phi) is 5.99. The number of aromatic nitrogens is 3. The van der Waals surface area contributed by atoms with Crippen LogP contribution in [0, 0.1) is 5.92 Å². The van der Waals surface area contributed by atoms with Crippen molar-refractivity contribution in [3.63, 3.8) is 0 Å². The summed E-state index contributed by atoms with van der Waals surface area (Å²) in [5, 5.41) is 5.62. The molecule has 1 aliphatic carbocycles.